The number of carbonyl (C=O) groups excluding carboxylic acids is 2. The van der Waals surface area contributed by atoms with Crippen LogP contribution in [-0.4, -0.2) is 23.9 Å². The molecule has 1 aliphatic heterocycles. The van der Waals surface area contributed by atoms with Crippen LogP contribution in [0.1, 0.15) is 27.6 Å². The van der Waals surface area contributed by atoms with Crippen LogP contribution >= 0.6 is 11.3 Å². The van der Waals surface area contributed by atoms with Gasteiger partial charge in [0.2, 0.25) is 0 Å². The second-order valence-corrected chi connectivity index (χ2v) is 8.16. The van der Waals surface area contributed by atoms with E-state index in [0.717, 1.165) is 16.0 Å². The van der Waals surface area contributed by atoms with Crippen LogP contribution in [0.2, 0.25) is 0 Å². The highest BCUT2D eigenvalue weighted by Crippen LogP contribution is 2.44. The van der Waals surface area contributed by atoms with Crippen LogP contribution in [0.15, 0.2) is 65.6 Å². The number of ketones is 1. The molecule has 0 saturated carbocycles. The number of thiophene rings is 1. The fourth-order valence-corrected chi connectivity index (χ4v) is 4.44. The zero-order valence-corrected chi connectivity index (χ0v) is 17.7. The van der Waals surface area contributed by atoms with Crippen molar-refractivity contribution in [3.8, 4) is 5.75 Å². The van der Waals surface area contributed by atoms with Gasteiger partial charge in [-0.15, -0.1) is 11.3 Å². The lowest BCUT2D eigenvalue weighted by Gasteiger charge is -2.24. The fourth-order valence-electron chi connectivity index (χ4n) is 3.62. The minimum absolute atomic E-state index is 0.0777. The Morgan fingerprint density at radius 1 is 1.03 bits per heavy atom. The fraction of sp³-hybridized carbons (Fsp3) is 0.167. The number of aryl methyl sites for hydroxylation is 2. The van der Waals surface area contributed by atoms with E-state index in [9.17, 15) is 14.7 Å². The van der Waals surface area contributed by atoms with Gasteiger partial charge in [0, 0.05) is 16.1 Å². The maximum absolute atomic E-state index is 13.1. The highest BCUT2D eigenvalue weighted by molar-refractivity contribution is 7.10. The molecule has 2 aromatic carbocycles. The Morgan fingerprint density at radius 3 is 2.50 bits per heavy atom. The van der Waals surface area contributed by atoms with Crippen molar-refractivity contribution in [3.63, 3.8) is 0 Å². The van der Waals surface area contributed by atoms with Gasteiger partial charge in [0.15, 0.2) is 0 Å². The monoisotopic (exact) mass is 419 g/mol. The first-order valence-corrected chi connectivity index (χ1v) is 10.4. The molecular weight excluding hydrogens is 398 g/mol. The molecule has 6 heteroatoms. The highest BCUT2D eigenvalue weighted by Gasteiger charge is 2.47. The van der Waals surface area contributed by atoms with E-state index in [1.165, 1.54) is 23.3 Å². The quantitative estimate of drug-likeness (QED) is 0.367. The number of rotatable bonds is 4. The molecule has 1 fully saturated rings. The van der Waals surface area contributed by atoms with Gasteiger partial charge < -0.3 is 9.84 Å². The number of aliphatic hydroxyl groups excluding tert-OH is 1. The zero-order chi connectivity index (χ0) is 21.4. The van der Waals surface area contributed by atoms with E-state index >= 15 is 0 Å². The highest BCUT2D eigenvalue weighted by atomic mass is 32.1. The third kappa shape index (κ3) is 3.29. The van der Waals surface area contributed by atoms with E-state index in [4.69, 9.17) is 4.74 Å². The molecule has 5 nitrogen and oxygen atoms in total. The molecule has 4 rings (SSSR count). The van der Waals surface area contributed by atoms with Crippen molar-refractivity contribution < 1.29 is 19.4 Å². The van der Waals surface area contributed by atoms with E-state index < -0.39 is 17.7 Å². The van der Waals surface area contributed by atoms with Gasteiger partial charge >= 0.3 is 0 Å². The average molecular weight is 420 g/mol. The molecule has 3 aromatic rings. The van der Waals surface area contributed by atoms with Crippen LogP contribution in [0.25, 0.3) is 5.76 Å². The third-order valence-electron chi connectivity index (χ3n) is 5.37. The van der Waals surface area contributed by atoms with Crippen molar-refractivity contribution in [1.29, 1.82) is 0 Å². The van der Waals surface area contributed by atoms with E-state index in [0.29, 0.717) is 17.0 Å². The Hall–Kier alpha value is -3.38. The number of hydrogen-bond donors (Lipinski definition) is 1. The number of aliphatic hydroxyl groups is 1. The summed E-state index contributed by atoms with van der Waals surface area (Å²) in [5.74, 6) is -1.01. The van der Waals surface area contributed by atoms with E-state index in [-0.39, 0.29) is 11.3 Å². The summed E-state index contributed by atoms with van der Waals surface area (Å²) in [6, 6.07) is 15.5. The Balaban J connectivity index is 1.92. The van der Waals surface area contributed by atoms with Gasteiger partial charge in [0.25, 0.3) is 11.7 Å². The molecule has 2 heterocycles. The van der Waals surface area contributed by atoms with Crippen LogP contribution in [0.3, 0.4) is 0 Å². The third-order valence-corrected chi connectivity index (χ3v) is 6.29. The maximum atomic E-state index is 13.1. The van der Waals surface area contributed by atoms with E-state index in [1.54, 1.807) is 24.3 Å². The summed E-state index contributed by atoms with van der Waals surface area (Å²) < 4.78 is 5.24. The van der Waals surface area contributed by atoms with Gasteiger partial charge in [-0.3, -0.25) is 14.5 Å². The van der Waals surface area contributed by atoms with Gasteiger partial charge in [-0.25, -0.2) is 0 Å². The Kier molecular flexibility index (Phi) is 5.18. The molecule has 1 unspecified atom stereocenters. The summed E-state index contributed by atoms with van der Waals surface area (Å²) in [6.45, 7) is 3.96. The number of methoxy groups -OCH3 is 1. The standard InChI is InChI=1S/C24H21NO4S/c1-14-9-10-17(12-15(14)2)25-21(19-8-5-11-30-19)20(23(27)24(25)28)22(26)16-6-4-7-18(13-16)29-3/h4-13,21,26H,1-3H3/b22-20-. The number of Topliss-reactive ketones (excluding diaryl/α,β-unsaturated/α-hetero) is 1. The number of hydrogen-bond acceptors (Lipinski definition) is 5. The normalized spacial score (nSPS) is 18.1. The molecule has 0 spiro atoms. The summed E-state index contributed by atoms with van der Waals surface area (Å²) in [5.41, 5.74) is 3.25. The number of nitrogens with zero attached hydrogens (tertiary/aromatic N) is 1. The second kappa shape index (κ2) is 7.80. The first kappa shape index (κ1) is 19.9. The molecule has 0 bridgehead atoms. The van der Waals surface area contributed by atoms with Crippen molar-refractivity contribution in [2.45, 2.75) is 19.9 Å². The van der Waals surface area contributed by atoms with E-state index in [1.807, 2.05) is 49.6 Å². The van der Waals surface area contributed by atoms with E-state index in [2.05, 4.69) is 0 Å². The van der Waals surface area contributed by atoms with Gasteiger partial charge in [-0.1, -0.05) is 24.3 Å². The molecule has 1 amide bonds. The molecular formula is C24H21NO4S. The first-order chi connectivity index (χ1) is 14.4. The molecule has 30 heavy (non-hydrogen) atoms. The Labute approximate surface area is 178 Å². The molecule has 1 N–H and O–H groups in total. The largest absolute Gasteiger partial charge is 0.507 e. The smallest absolute Gasteiger partial charge is 0.300 e. The predicted molar refractivity (Wildman–Crippen MR) is 118 cm³/mol. The average Bonchev–Trinajstić information content (AvgIpc) is 3.37. The lowest BCUT2D eigenvalue weighted by atomic mass is 9.99. The van der Waals surface area contributed by atoms with Gasteiger partial charge in [0.1, 0.15) is 17.6 Å². The minimum atomic E-state index is -0.702. The van der Waals surface area contributed by atoms with Crippen LogP contribution < -0.4 is 9.64 Å². The Morgan fingerprint density at radius 2 is 1.83 bits per heavy atom. The lowest BCUT2D eigenvalue weighted by molar-refractivity contribution is -0.132. The summed E-state index contributed by atoms with van der Waals surface area (Å²) in [5, 5.41) is 13.0. The SMILES string of the molecule is COc1cccc(/C(O)=C2/C(=O)C(=O)N(c3ccc(C)c(C)c3)C2c2cccs2)c1. The number of anilines is 1. The predicted octanol–water partition coefficient (Wildman–Crippen LogP) is 5.00. The van der Waals surface area contributed by atoms with Crippen molar-refractivity contribution in [1.82, 2.24) is 0 Å². The molecule has 0 aliphatic carbocycles. The minimum Gasteiger partial charge on any atom is -0.507 e. The van der Waals surface area contributed by atoms with Crippen LogP contribution in [0, 0.1) is 13.8 Å². The molecule has 1 aliphatic rings. The summed E-state index contributed by atoms with van der Waals surface area (Å²) in [6.07, 6.45) is 0. The van der Waals surface area contributed by atoms with Crippen LogP contribution in [-0.2, 0) is 9.59 Å². The number of ether oxygens (including phenoxy) is 1. The van der Waals surface area contributed by atoms with Crippen molar-refractivity contribution in [2.24, 2.45) is 0 Å². The molecule has 1 atom stereocenters. The summed E-state index contributed by atoms with van der Waals surface area (Å²) in [4.78, 5) is 28.4. The number of benzene rings is 2. The van der Waals surface area contributed by atoms with Crippen LogP contribution in [0.4, 0.5) is 5.69 Å². The topological polar surface area (TPSA) is 66.8 Å². The second-order valence-electron chi connectivity index (χ2n) is 7.19. The summed E-state index contributed by atoms with van der Waals surface area (Å²) >= 11 is 1.44. The molecule has 1 aromatic heterocycles. The molecule has 1 saturated heterocycles. The number of carbonyl (C=O) groups is 2. The Bertz CT molecular complexity index is 1160. The molecule has 0 radical (unpaired) electrons. The zero-order valence-electron chi connectivity index (χ0n) is 16.9. The van der Waals surface area contributed by atoms with Gasteiger partial charge in [0.05, 0.1) is 12.7 Å². The van der Waals surface area contributed by atoms with Gasteiger partial charge in [-0.2, -0.15) is 0 Å². The van der Waals surface area contributed by atoms with Crippen molar-refractivity contribution >= 4 is 34.5 Å². The van der Waals surface area contributed by atoms with Crippen molar-refractivity contribution in [2.75, 3.05) is 12.0 Å². The first-order valence-electron chi connectivity index (χ1n) is 9.48. The van der Waals surface area contributed by atoms with Crippen molar-refractivity contribution in [3.05, 3.63) is 87.1 Å². The van der Waals surface area contributed by atoms with Gasteiger partial charge in [-0.05, 0) is 60.7 Å². The van der Waals surface area contributed by atoms with Crippen LogP contribution in [0.5, 0.6) is 5.75 Å². The summed E-state index contributed by atoms with van der Waals surface area (Å²) in [7, 11) is 1.53. The number of amides is 1. The molecule has 152 valence electrons. The maximum Gasteiger partial charge on any atom is 0.300 e. The lowest BCUT2D eigenvalue weighted by Crippen LogP contribution is -2.29.